The Kier molecular flexibility index (Phi) is 6.52. The number of carbonyl (C=O) groups excluding carboxylic acids is 2. The fourth-order valence-corrected chi connectivity index (χ4v) is 2.21. The molecule has 0 saturated carbocycles. The molecule has 0 spiro atoms. The second-order valence-corrected chi connectivity index (χ2v) is 5.72. The summed E-state index contributed by atoms with van der Waals surface area (Å²) >= 11 is 11.6. The maximum atomic E-state index is 11.9. The van der Waals surface area contributed by atoms with Crippen molar-refractivity contribution in [1.29, 1.82) is 0 Å². The Morgan fingerprint density at radius 3 is 2.54 bits per heavy atom. The zero-order valence-corrected chi connectivity index (χ0v) is 14.5. The maximum absolute atomic E-state index is 11.9. The lowest BCUT2D eigenvalue weighted by Crippen LogP contribution is -2.34. The van der Waals surface area contributed by atoms with Crippen molar-refractivity contribution in [1.82, 2.24) is 15.3 Å². The number of hydrogen-bond acceptors (Lipinski definition) is 4. The van der Waals surface area contributed by atoms with Gasteiger partial charge in [-0.2, -0.15) is 4.98 Å². The van der Waals surface area contributed by atoms with Gasteiger partial charge in [-0.1, -0.05) is 41.4 Å². The molecular formula is C16H16Cl2N4O2. The average molecular weight is 367 g/mol. The summed E-state index contributed by atoms with van der Waals surface area (Å²) in [6.07, 6.45) is 1.89. The van der Waals surface area contributed by atoms with E-state index in [2.05, 4.69) is 15.3 Å². The number of halogens is 2. The van der Waals surface area contributed by atoms with Gasteiger partial charge in [0.2, 0.25) is 11.9 Å². The van der Waals surface area contributed by atoms with Crippen LogP contribution in [0.5, 0.6) is 0 Å². The van der Waals surface area contributed by atoms with Crippen LogP contribution in [0.1, 0.15) is 23.7 Å². The second kappa shape index (κ2) is 8.61. The molecule has 0 aliphatic rings. The Bertz CT molecular complexity index is 725. The minimum absolute atomic E-state index is 0.0882. The van der Waals surface area contributed by atoms with E-state index >= 15 is 0 Å². The van der Waals surface area contributed by atoms with Crippen molar-refractivity contribution in [2.24, 2.45) is 0 Å². The first-order chi connectivity index (χ1) is 11.5. The van der Waals surface area contributed by atoms with Crippen LogP contribution in [-0.4, -0.2) is 34.9 Å². The van der Waals surface area contributed by atoms with Gasteiger partial charge in [-0.05, 0) is 18.6 Å². The summed E-state index contributed by atoms with van der Waals surface area (Å²) in [6.45, 7) is 2.18. The largest absolute Gasteiger partial charge is 0.352 e. The van der Waals surface area contributed by atoms with Crippen LogP contribution < -0.4 is 10.2 Å². The predicted octanol–water partition coefficient (Wildman–Crippen LogP) is 2.96. The van der Waals surface area contributed by atoms with Crippen LogP contribution >= 0.6 is 23.2 Å². The molecule has 8 heteroatoms. The lowest BCUT2D eigenvalue weighted by molar-refractivity contribution is -0.116. The summed E-state index contributed by atoms with van der Waals surface area (Å²) in [6, 6.07) is 8.92. The number of hydrogen-bond donors (Lipinski definition) is 1. The van der Waals surface area contributed by atoms with Crippen molar-refractivity contribution in [2.75, 3.05) is 18.0 Å². The molecule has 1 heterocycles. The number of carbonyl (C=O) groups is 2. The highest BCUT2D eigenvalue weighted by molar-refractivity contribution is 6.41. The summed E-state index contributed by atoms with van der Waals surface area (Å²) in [7, 11) is 0. The van der Waals surface area contributed by atoms with E-state index in [1.165, 1.54) is 18.0 Å². The first-order valence-electron chi connectivity index (χ1n) is 7.28. The van der Waals surface area contributed by atoms with E-state index in [1.807, 2.05) is 6.07 Å². The van der Waals surface area contributed by atoms with Crippen molar-refractivity contribution >= 4 is 41.0 Å². The fraction of sp³-hybridized carbons (Fsp3) is 0.250. The Morgan fingerprint density at radius 1 is 1.21 bits per heavy atom. The zero-order valence-electron chi connectivity index (χ0n) is 13.0. The molecule has 1 N–H and O–H groups in total. The first kappa shape index (κ1) is 18.2. The molecule has 0 bridgehead atoms. The van der Waals surface area contributed by atoms with Gasteiger partial charge in [0.05, 0.1) is 11.2 Å². The molecule has 126 valence electrons. The summed E-state index contributed by atoms with van der Waals surface area (Å²) in [5.41, 5.74) is 0.591. The van der Waals surface area contributed by atoms with Crippen LogP contribution in [0.15, 0.2) is 36.5 Å². The van der Waals surface area contributed by atoms with Crippen LogP contribution in [0.4, 0.5) is 5.95 Å². The zero-order chi connectivity index (χ0) is 17.5. The minimum Gasteiger partial charge on any atom is -0.352 e. The number of nitrogens with one attached hydrogen (secondary N) is 1. The number of anilines is 1. The van der Waals surface area contributed by atoms with Crippen LogP contribution in [0.2, 0.25) is 10.2 Å². The number of aromatic nitrogens is 2. The number of benzene rings is 1. The van der Waals surface area contributed by atoms with E-state index in [4.69, 9.17) is 23.2 Å². The average Bonchev–Trinajstić information content (AvgIpc) is 2.58. The van der Waals surface area contributed by atoms with E-state index in [9.17, 15) is 9.59 Å². The third-order valence-corrected chi connectivity index (χ3v) is 3.85. The summed E-state index contributed by atoms with van der Waals surface area (Å²) in [5.74, 6) is -0.190. The van der Waals surface area contributed by atoms with Gasteiger partial charge >= 0.3 is 0 Å². The van der Waals surface area contributed by atoms with Gasteiger partial charge in [0.25, 0.3) is 5.91 Å². The molecule has 0 saturated heterocycles. The SMILES string of the molecule is CC(=O)N(CCCNC(=O)c1ccccc1)c1ncc(Cl)c(Cl)n1. The molecule has 1 aromatic carbocycles. The van der Waals surface area contributed by atoms with E-state index in [0.29, 0.717) is 25.1 Å². The molecule has 0 atom stereocenters. The molecule has 0 aliphatic heterocycles. The van der Waals surface area contributed by atoms with Crippen LogP contribution in [0.3, 0.4) is 0 Å². The minimum atomic E-state index is -0.220. The van der Waals surface area contributed by atoms with Crippen molar-refractivity contribution in [3.63, 3.8) is 0 Å². The third-order valence-electron chi connectivity index (χ3n) is 3.19. The Morgan fingerprint density at radius 2 is 1.92 bits per heavy atom. The monoisotopic (exact) mass is 366 g/mol. The third kappa shape index (κ3) is 4.91. The Balaban J connectivity index is 1.89. The van der Waals surface area contributed by atoms with Gasteiger partial charge in [-0.15, -0.1) is 0 Å². The quantitative estimate of drug-likeness (QED) is 0.629. The molecule has 2 rings (SSSR count). The van der Waals surface area contributed by atoms with Crippen molar-refractivity contribution in [3.05, 3.63) is 52.3 Å². The molecular weight excluding hydrogens is 351 g/mol. The number of nitrogens with zero attached hydrogens (tertiary/aromatic N) is 3. The van der Waals surface area contributed by atoms with Gasteiger partial charge in [0.15, 0.2) is 5.15 Å². The topological polar surface area (TPSA) is 75.2 Å². The normalized spacial score (nSPS) is 10.3. The van der Waals surface area contributed by atoms with E-state index in [1.54, 1.807) is 24.3 Å². The molecule has 0 unspecified atom stereocenters. The van der Waals surface area contributed by atoms with E-state index in [0.717, 1.165) is 0 Å². The lowest BCUT2D eigenvalue weighted by Gasteiger charge is -2.19. The van der Waals surface area contributed by atoms with E-state index in [-0.39, 0.29) is 27.9 Å². The van der Waals surface area contributed by atoms with Gasteiger partial charge in [0, 0.05) is 25.6 Å². The smallest absolute Gasteiger partial charge is 0.251 e. The van der Waals surface area contributed by atoms with Gasteiger partial charge in [-0.25, -0.2) is 4.98 Å². The van der Waals surface area contributed by atoms with E-state index < -0.39 is 0 Å². The molecule has 2 aromatic rings. The van der Waals surface area contributed by atoms with Crippen molar-refractivity contribution in [2.45, 2.75) is 13.3 Å². The second-order valence-electron chi connectivity index (χ2n) is 4.95. The fourth-order valence-electron chi connectivity index (χ4n) is 2.00. The van der Waals surface area contributed by atoms with Gasteiger partial charge < -0.3 is 5.32 Å². The molecule has 0 fully saturated rings. The number of rotatable bonds is 6. The highest BCUT2D eigenvalue weighted by Crippen LogP contribution is 2.20. The summed E-state index contributed by atoms with van der Waals surface area (Å²) in [4.78, 5) is 33.1. The van der Waals surface area contributed by atoms with Crippen LogP contribution in [0, 0.1) is 0 Å². The van der Waals surface area contributed by atoms with Crippen LogP contribution in [-0.2, 0) is 4.79 Å². The maximum Gasteiger partial charge on any atom is 0.251 e. The first-order valence-corrected chi connectivity index (χ1v) is 8.04. The Hall–Kier alpha value is -2.18. The molecule has 0 aliphatic carbocycles. The Labute approximate surface area is 149 Å². The summed E-state index contributed by atoms with van der Waals surface area (Å²) < 4.78 is 0. The number of amides is 2. The summed E-state index contributed by atoms with van der Waals surface area (Å²) in [5, 5.41) is 3.11. The van der Waals surface area contributed by atoms with Crippen LogP contribution in [0.25, 0.3) is 0 Å². The van der Waals surface area contributed by atoms with Gasteiger partial charge in [-0.3, -0.25) is 14.5 Å². The highest BCUT2D eigenvalue weighted by atomic mass is 35.5. The highest BCUT2D eigenvalue weighted by Gasteiger charge is 2.15. The molecule has 24 heavy (non-hydrogen) atoms. The lowest BCUT2D eigenvalue weighted by atomic mass is 10.2. The molecule has 1 aromatic heterocycles. The van der Waals surface area contributed by atoms with Crippen molar-refractivity contribution < 1.29 is 9.59 Å². The predicted molar refractivity (Wildman–Crippen MR) is 93.5 cm³/mol. The van der Waals surface area contributed by atoms with Crippen molar-refractivity contribution in [3.8, 4) is 0 Å². The molecule has 0 radical (unpaired) electrons. The van der Waals surface area contributed by atoms with Gasteiger partial charge in [0.1, 0.15) is 0 Å². The molecule has 2 amide bonds. The standard InChI is InChI=1S/C16H16Cl2N4O2/c1-11(23)22(16-20-10-13(17)14(18)21-16)9-5-8-19-15(24)12-6-3-2-4-7-12/h2-4,6-7,10H,5,8-9H2,1H3,(H,19,24). The molecule has 6 nitrogen and oxygen atoms in total.